The van der Waals surface area contributed by atoms with Gasteiger partial charge in [-0.2, -0.15) is 0 Å². The van der Waals surface area contributed by atoms with Crippen LogP contribution in [0.3, 0.4) is 0 Å². The van der Waals surface area contributed by atoms with E-state index in [4.69, 9.17) is 0 Å². The Morgan fingerprint density at radius 1 is 1.29 bits per heavy atom. The molecule has 1 saturated heterocycles. The maximum Gasteiger partial charge on any atom is 0.339 e. The number of benzene rings is 1. The summed E-state index contributed by atoms with van der Waals surface area (Å²) in [5.74, 6) is -1.27. The molecule has 0 spiro atoms. The monoisotopic (exact) mass is 330 g/mol. The fourth-order valence-electron chi connectivity index (χ4n) is 3.03. The summed E-state index contributed by atoms with van der Waals surface area (Å²) in [4.78, 5) is 22.0. The van der Waals surface area contributed by atoms with Crippen molar-refractivity contribution in [2.45, 2.75) is 25.9 Å². The first kappa shape index (κ1) is 16.3. The van der Waals surface area contributed by atoms with Crippen molar-refractivity contribution in [2.24, 2.45) is 0 Å². The summed E-state index contributed by atoms with van der Waals surface area (Å²) in [6.45, 7) is 5.53. The maximum atomic E-state index is 14.1. The quantitative estimate of drug-likeness (QED) is 0.898. The summed E-state index contributed by atoms with van der Waals surface area (Å²) in [6, 6.07) is 6.54. The molecule has 1 fully saturated rings. The van der Waals surface area contributed by atoms with Gasteiger partial charge in [0.1, 0.15) is 11.4 Å². The number of anilines is 1. The summed E-state index contributed by atoms with van der Waals surface area (Å²) >= 11 is 0. The molecule has 7 heteroatoms. The van der Waals surface area contributed by atoms with Gasteiger partial charge in [-0.05, 0) is 26.0 Å². The summed E-state index contributed by atoms with van der Waals surface area (Å²) < 4.78 is 14.1. The van der Waals surface area contributed by atoms with Crippen LogP contribution in [0.25, 0.3) is 11.3 Å². The Balaban J connectivity index is 2.07. The molecule has 6 nitrogen and oxygen atoms in total. The second-order valence-corrected chi connectivity index (χ2v) is 6.09. The number of aromatic carboxylic acids is 1. The van der Waals surface area contributed by atoms with E-state index in [1.165, 1.54) is 18.3 Å². The van der Waals surface area contributed by atoms with Gasteiger partial charge in [0, 0.05) is 36.9 Å². The minimum Gasteiger partial charge on any atom is -0.478 e. The van der Waals surface area contributed by atoms with E-state index in [-0.39, 0.29) is 28.9 Å². The summed E-state index contributed by atoms with van der Waals surface area (Å²) in [6.07, 6.45) is 1.25. The summed E-state index contributed by atoms with van der Waals surface area (Å²) in [7, 11) is 0. The van der Waals surface area contributed by atoms with Crippen molar-refractivity contribution in [3.63, 3.8) is 0 Å². The van der Waals surface area contributed by atoms with Gasteiger partial charge in [0.15, 0.2) is 0 Å². The van der Waals surface area contributed by atoms with E-state index in [1.807, 2.05) is 4.90 Å². The van der Waals surface area contributed by atoms with Gasteiger partial charge in [0.05, 0.1) is 5.69 Å². The van der Waals surface area contributed by atoms with Gasteiger partial charge in [0.2, 0.25) is 5.95 Å². The predicted octanol–water partition coefficient (Wildman–Crippen LogP) is 2.17. The molecule has 0 radical (unpaired) electrons. The molecule has 0 bridgehead atoms. The first-order valence-corrected chi connectivity index (χ1v) is 7.82. The normalized spacial score (nSPS) is 20.9. The van der Waals surface area contributed by atoms with E-state index >= 15 is 0 Å². The number of nitrogens with one attached hydrogen (secondary N) is 1. The Kier molecular flexibility index (Phi) is 4.44. The van der Waals surface area contributed by atoms with Crippen LogP contribution in [-0.4, -0.2) is 46.2 Å². The number of rotatable bonds is 3. The largest absolute Gasteiger partial charge is 0.478 e. The van der Waals surface area contributed by atoms with E-state index in [1.54, 1.807) is 12.1 Å². The molecule has 1 aromatic heterocycles. The Morgan fingerprint density at radius 3 is 2.58 bits per heavy atom. The summed E-state index contributed by atoms with van der Waals surface area (Å²) in [5.41, 5.74) is 0.152. The van der Waals surface area contributed by atoms with Gasteiger partial charge in [-0.25, -0.2) is 19.2 Å². The standard InChI is InChI=1S/C17H19FN4O2/c1-10-8-22(9-11(2)20-10)17-19-7-13(16(23)24)15(21-17)12-5-3-4-6-14(12)18/h3-7,10-11,20H,8-9H2,1-2H3,(H,23,24)/t10-,11+. The molecule has 3 rings (SSSR count). The molecule has 0 unspecified atom stereocenters. The highest BCUT2D eigenvalue weighted by Crippen LogP contribution is 2.26. The molecule has 0 aliphatic carbocycles. The van der Waals surface area contributed by atoms with Gasteiger partial charge in [-0.15, -0.1) is 0 Å². The highest BCUT2D eigenvalue weighted by molar-refractivity contribution is 5.94. The molecule has 0 amide bonds. The van der Waals surface area contributed by atoms with Crippen molar-refractivity contribution in [1.29, 1.82) is 0 Å². The molecular formula is C17H19FN4O2. The number of carbonyl (C=O) groups is 1. The van der Waals surface area contributed by atoms with Gasteiger partial charge in [-0.1, -0.05) is 12.1 Å². The Labute approximate surface area is 139 Å². The number of halogens is 1. The second kappa shape index (κ2) is 6.52. The molecule has 126 valence electrons. The van der Waals surface area contributed by atoms with Crippen molar-refractivity contribution >= 4 is 11.9 Å². The zero-order valence-corrected chi connectivity index (χ0v) is 13.5. The van der Waals surface area contributed by atoms with E-state index in [0.29, 0.717) is 19.0 Å². The fraction of sp³-hybridized carbons (Fsp3) is 0.353. The molecule has 1 aromatic carbocycles. The van der Waals surface area contributed by atoms with E-state index < -0.39 is 11.8 Å². The van der Waals surface area contributed by atoms with Crippen LogP contribution < -0.4 is 10.2 Å². The van der Waals surface area contributed by atoms with Crippen molar-refractivity contribution in [3.8, 4) is 11.3 Å². The summed E-state index contributed by atoms with van der Waals surface area (Å²) in [5, 5.41) is 12.8. The molecule has 1 aliphatic heterocycles. The number of nitrogens with zero attached hydrogens (tertiary/aromatic N) is 3. The third kappa shape index (κ3) is 3.21. The predicted molar refractivity (Wildman–Crippen MR) is 88.7 cm³/mol. The molecule has 24 heavy (non-hydrogen) atoms. The zero-order chi connectivity index (χ0) is 17.3. The molecule has 2 heterocycles. The van der Waals surface area contributed by atoms with E-state index in [2.05, 4.69) is 29.1 Å². The number of aromatic nitrogens is 2. The van der Waals surface area contributed by atoms with E-state index in [0.717, 1.165) is 0 Å². The number of carboxylic acids is 1. The zero-order valence-electron chi connectivity index (χ0n) is 13.5. The van der Waals surface area contributed by atoms with Crippen LogP contribution in [0.1, 0.15) is 24.2 Å². The Morgan fingerprint density at radius 2 is 1.96 bits per heavy atom. The smallest absolute Gasteiger partial charge is 0.339 e. The lowest BCUT2D eigenvalue weighted by atomic mass is 10.1. The highest BCUT2D eigenvalue weighted by atomic mass is 19.1. The Hall–Kier alpha value is -2.54. The molecular weight excluding hydrogens is 311 g/mol. The minimum atomic E-state index is -1.18. The van der Waals surface area contributed by atoms with Crippen LogP contribution in [-0.2, 0) is 0 Å². The molecule has 2 aromatic rings. The first-order chi connectivity index (χ1) is 11.5. The average molecular weight is 330 g/mol. The van der Waals surface area contributed by atoms with Crippen molar-refractivity contribution < 1.29 is 14.3 Å². The van der Waals surface area contributed by atoms with Gasteiger partial charge >= 0.3 is 5.97 Å². The number of carboxylic acid groups (broad SMARTS) is 1. The lowest BCUT2D eigenvalue weighted by molar-refractivity contribution is 0.0697. The van der Waals surface area contributed by atoms with Crippen molar-refractivity contribution in [3.05, 3.63) is 41.8 Å². The topological polar surface area (TPSA) is 78.4 Å². The van der Waals surface area contributed by atoms with Crippen LogP contribution in [0.15, 0.2) is 30.5 Å². The van der Waals surface area contributed by atoms with Crippen molar-refractivity contribution in [2.75, 3.05) is 18.0 Å². The van der Waals surface area contributed by atoms with Gasteiger partial charge in [0.25, 0.3) is 0 Å². The number of hydrogen-bond donors (Lipinski definition) is 2. The van der Waals surface area contributed by atoms with Gasteiger partial charge < -0.3 is 15.3 Å². The average Bonchev–Trinajstić information content (AvgIpc) is 2.53. The fourth-order valence-corrected chi connectivity index (χ4v) is 3.03. The van der Waals surface area contributed by atoms with E-state index in [9.17, 15) is 14.3 Å². The van der Waals surface area contributed by atoms with Crippen LogP contribution >= 0.6 is 0 Å². The molecule has 2 atom stereocenters. The third-order valence-electron chi connectivity index (χ3n) is 3.98. The van der Waals surface area contributed by atoms with Crippen LogP contribution in [0.2, 0.25) is 0 Å². The Bertz CT molecular complexity index is 758. The van der Waals surface area contributed by atoms with Crippen LogP contribution in [0, 0.1) is 5.82 Å². The lowest BCUT2D eigenvalue weighted by Crippen LogP contribution is -2.54. The molecule has 0 saturated carbocycles. The minimum absolute atomic E-state index is 0.101. The second-order valence-electron chi connectivity index (χ2n) is 6.09. The maximum absolute atomic E-state index is 14.1. The lowest BCUT2D eigenvalue weighted by Gasteiger charge is -2.36. The van der Waals surface area contributed by atoms with Crippen LogP contribution in [0.4, 0.5) is 10.3 Å². The third-order valence-corrected chi connectivity index (χ3v) is 3.98. The van der Waals surface area contributed by atoms with Crippen molar-refractivity contribution in [1.82, 2.24) is 15.3 Å². The molecule has 2 N–H and O–H groups in total. The highest BCUT2D eigenvalue weighted by Gasteiger charge is 2.25. The number of hydrogen-bond acceptors (Lipinski definition) is 5. The SMILES string of the molecule is C[C@@H]1CN(c2ncc(C(=O)O)c(-c3ccccc3F)n2)C[C@H](C)N1. The first-order valence-electron chi connectivity index (χ1n) is 7.82. The van der Waals surface area contributed by atoms with Crippen LogP contribution in [0.5, 0.6) is 0 Å². The van der Waals surface area contributed by atoms with Gasteiger partial charge in [-0.3, -0.25) is 0 Å². The molecule has 1 aliphatic rings. The number of piperazine rings is 1.